The monoisotopic (exact) mass is 191 g/mol. The standard InChI is InChI=1S/C9H12F3N/c1-7(4-3-5-13)6-8(2)9(10,11)12/h3-6H,13H2,1-2H3/b5-3-,7-4-,8-6+. The Balaban J connectivity index is 4.57. The average Bonchev–Trinajstić information content (AvgIpc) is 1.99. The second-order valence-corrected chi connectivity index (χ2v) is 2.62. The summed E-state index contributed by atoms with van der Waals surface area (Å²) < 4.78 is 36.0. The van der Waals surface area contributed by atoms with Gasteiger partial charge in [0.15, 0.2) is 0 Å². The second-order valence-electron chi connectivity index (χ2n) is 2.62. The molecular formula is C9H12F3N. The lowest BCUT2D eigenvalue weighted by molar-refractivity contribution is -0.0913. The molecule has 0 fully saturated rings. The Morgan fingerprint density at radius 3 is 2.15 bits per heavy atom. The lowest BCUT2D eigenvalue weighted by atomic mass is 10.2. The molecule has 0 saturated heterocycles. The van der Waals surface area contributed by atoms with Crippen molar-refractivity contribution in [1.29, 1.82) is 0 Å². The summed E-state index contributed by atoms with van der Waals surface area (Å²) in [5, 5.41) is 0. The molecule has 0 bridgehead atoms. The molecule has 0 atom stereocenters. The van der Waals surface area contributed by atoms with Gasteiger partial charge in [0.1, 0.15) is 0 Å². The Hall–Kier alpha value is -1.19. The highest BCUT2D eigenvalue weighted by molar-refractivity contribution is 5.26. The maximum Gasteiger partial charge on any atom is 0.412 e. The van der Waals surface area contributed by atoms with Gasteiger partial charge < -0.3 is 5.73 Å². The van der Waals surface area contributed by atoms with Crippen LogP contribution in [-0.4, -0.2) is 6.18 Å². The predicted octanol–water partition coefficient (Wildman–Crippen LogP) is 2.91. The zero-order valence-corrected chi connectivity index (χ0v) is 7.52. The predicted molar refractivity (Wildman–Crippen MR) is 46.9 cm³/mol. The molecule has 0 aliphatic rings. The van der Waals surface area contributed by atoms with Crippen molar-refractivity contribution in [3.63, 3.8) is 0 Å². The molecule has 0 unspecified atom stereocenters. The van der Waals surface area contributed by atoms with Crippen LogP contribution >= 0.6 is 0 Å². The van der Waals surface area contributed by atoms with E-state index in [1.807, 2.05) is 0 Å². The van der Waals surface area contributed by atoms with E-state index in [2.05, 4.69) is 0 Å². The van der Waals surface area contributed by atoms with Gasteiger partial charge in [-0.3, -0.25) is 0 Å². The molecule has 0 aromatic heterocycles. The maximum absolute atomic E-state index is 12.0. The van der Waals surface area contributed by atoms with Crippen LogP contribution in [0.25, 0.3) is 0 Å². The van der Waals surface area contributed by atoms with Crippen LogP contribution in [0.4, 0.5) is 13.2 Å². The Labute approximate surface area is 75.4 Å². The van der Waals surface area contributed by atoms with Gasteiger partial charge in [0.25, 0.3) is 0 Å². The van der Waals surface area contributed by atoms with Crippen molar-refractivity contribution in [1.82, 2.24) is 0 Å². The molecule has 0 spiro atoms. The van der Waals surface area contributed by atoms with Crippen molar-refractivity contribution in [2.45, 2.75) is 20.0 Å². The van der Waals surface area contributed by atoms with Crippen molar-refractivity contribution in [3.8, 4) is 0 Å². The van der Waals surface area contributed by atoms with E-state index in [0.29, 0.717) is 5.57 Å². The summed E-state index contributed by atoms with van der Waals surface area (Å²) in [6, 6.07) is 0. The van der Waals surface area contributed by atoms with Crippen molar-refractivity contribution >= 4 is 0 Å². The summed E-state index contributed by atoms with van der Waals surface area (Å²) in [6.45, 7) is 2.61. The second kappa shape index (κ2) is 4.74. The Bertz CT molecular complexity index is 246. The minimum atomic E-state index is -4.25. The van der Waals surface area contributed by atoms with Crippen LogP contribution in [0.15, 0.2) is 35.6 Å². The number of hydrogen-bond acceptors (Lipinski definition) is 1. The smallest absolute Gasteiger partial charge is 0.405 e. The molecule has 4 heteroatoms. The van der Waals surface area contributed by atoms with Gasteiger partial charge in [-0.15, -0.1) is 0 Å². The molecule has 0 radical (unpaired) electrons. The van der Waals surface area contributed by atoms with E-state index in [-0.39, 0.29) is 0 Å². The van der Waals surface area contributed by atoms with Gasteiger partial charge in [-0.05, 0) is 26.1 Å². The highest BCUT2D eigenvalue weighted by Crippen LogP contribution is 2.25. The number of rotatable bonds is 2. The van der Waals surface area contributed by atoms with Gasteiger partial charge in [0, 0.05) is 5.57 Å². The molecule has 2 N–H and O–H groups in total. The highest BCUT2D eigenvalue weighted by atomic mass is 19.4. The minimum Gasteiger partial charge on any atom is -0.405 e. The number of allylic oxidation sites excluding steroid dienone is 5. The molecule has 13 heavy (non-hydrogen) atoms. The molecule has 0 aromatic rings. The molecule has 1 nitrogen and oxygen atoms in total. The average molecular weight is 191 g/mol. The first-order chi connectivity index (χ1) is 5.88. The van der Waals surface area contributed by atoms with Crippen LogP contribution < -0.4 is 5.73 Å². The molecule has 0 aliphatic heterocycles. The Morgan fingerprint density at radius 2 is 1.77 bits per heavy atom. The van der Waals surface area contributed by atoms with Crippen molar-refractivity contribution in [2.24, 2.45) is 5.73 Å². The first-order valence-electron chi connectivity index (χ1n) is 3.68. The van der Waals surface area contributed by atoms with Gasteiger partial charge >= 0.3 is 6.18 Å². The van der Waals surface area contributed by atoms with E-state index < -0.39 is 11.7 Å². The summed E-state index contributed by atoms with van der Waals surface area (Å²) in [6.07, 6.45) is 1.08. The maximum atomic E-state index is 12.0. The van der Waals surface area contributed by atoms with Crippen LogP contribution in [0.1, 0.15) is 13.8 Å². The van der Waals surface area contributed by atoms with Crippen LogP contribution in [0, 0.1) is 0 Å². The van der Waals surface area contributed by atoms with E-state index in [4.69, 9.17) is 5.73 Å². The van der Waals surface area contributed by atoms with Crippen molar-refractivity contribution in [2.75, 3.05) is 0 Å². The highest BCUT2D eigenvalue weighted by Gasteiger charge is 2.29. The molecular weight excluding hydrogens is 179 g/mol. The summed E-state index contributed by atoms with van der Waals surface area (Å²) in [5.41, 5.74) is 4.92. The van der Waals surface area contributed by atoms with Gasteiger partial charge in [-0.1, -0.05) is 17.7 Å². The number of alkyl halides is 3. The van der Waals surface area contributed by atoms with E-state index in [0.717, 1.165) is 13.0 Å². The van der Waals surface area contributed by atoms with Gasteiger partial charge in [0.2, 0.25) is 0 Å². The summed E-state index contributed by atoms with van der Waals surface area (Å²) in [7, 11) is 0. The van der Waals surface area contributed by atoms with Crippen LogP contribution in [-0.2, 0) is 0 Å². The molecule has 0 amide bonds. The first-order valence-corrected chi connectivity index (χ1v) is 3.68. The number of hydrogen-bond donors (Lipinski definition) is 1. The third-order valence-electron chi connectivity index (χ3n) is 1.36. The SMILES string of the molecule is CC(=C/C=C\N)/C=C(\C)C(F)(F)F. The van der Waals surface area contributed by atoms with Crippen LogP contribution in [0.5, 0.6) is 0 Å². The number of nitrogens with two attached hydrogens (primary N) is 1. The van der Waals surface area contributed by atoms with E-state index in [1.165, 1.54) is 18.4 Å². The molecule has 0 aliphatic carbocycles. The lowest BCUT2D eigenvalue weighted by Crippen LogP contribution is -2.08. The normalized spacial score (nSPS) is 15.5. The van der Waals surface area contributed by atoms with Crippen LogP contribution in [0.3, 0.4) is 0 Å². The molecule has 0 saturated carbocycles. The summed E-state index contributed by atoms with van der Waals surface area (Å²) in [5.74, 6) is 0. The van der Waals surface area contributed by atoms with Crippen molar-refractivity contribution < 1.29 is 13.2 Å². The molecule has 0 rings (SSSR count). The third kappa shape index (κ3) is 5.11. The largest absolute Gasteiger partial charge is 0.412 e. The van der Waals surface area contributed by atoms with Gasteiger partial charge in [0.05, 0.1) is 0 Å². The van der Waals surface area contributed by atoms with Crippen molar-refractivity contribution in [3.05, 3.63) is 35.6 Å². The topological polar surface area (TPSA) is 26.0 Å². The van der Waals surface area contributed by atoms with E-state index >= 15 is 0 Å². The van der Waals surface area contributed by atoms with Gasteiger partial charge in [-0.25, -0.2) is 0 Å². The fourth-order valence-electron chi connectivity index (χ4n) is 0.679. The molecule has 0 aromatic carbocycles. The summed E-state index contributed by atoms with van der Waals surface area (Å²) in [4.78, 5) is 0. The van der Waals surface area contributed by atoms with E-state index in [9.17, 15) is 13.2 Å². The van der Waals surface area contributed by atoms with Crippen LogP contribution in [0.2, 0.25) is 0 Å². The lowest BCUT2D eigenvalue weighted by Gasteiger charge is -2.05. The third-order valence-corrected chi connectivity index (χ3v) is 1.36. The quantitative estimate of drug-likeness (QED) is 0.667. The number of halogens is 3. The fourth-order valence-corrected chi connectivity index (χ4v) is 0.679. The van der Waals surface area contributed by atoms with Gasteiger partial charge in [-0.2, -0.15) is 13.2 Å². The van der Waals surface area contributed by atoms with E-state index in [1.54, 1.807) is 6.92 Å². The molecule has 0 heterocycles. The Kier molecular flexibility index (Phi) is 4.31. The Morgan fingerprint density at radius 1 is 1.23 bits per heavy atom. The fraction of sp³-hybridized carbons (Fsp3) is 0.333. The zero-order valence-electron chi connectivity index (χ0n) is 7.52. The summed E-state index contributed by atoms with van der Waals surface area (Å²) >= 11 is 0. The first kappa shape index (κ1) is 11.8. The minimum absolute atomic E-state index is 0.511. The zero-order chi connectivity index (χ0) is 10.5. The molecule has 74 valence electrons.